The van der Waals surface area contributed by atoms with Crippen LogP contribution in [-0.2, 0) is 6.42 Å². The normalized spacial score (nSPS) is 27.6. The highest BCUT2D eigenvalue weighted by atomic mass is 19.1. The lowest BCUT2D eigenvalue weighted by molar-refractivity contribution is 0.134. The van der Waals surface area contributed by atoms with Crippen LogP contribution in [0.1, 0.15) is 57.6 Å². The first kappa shape index (κ1) is 15.5. The highest BCUT2D eigenvalue weighted by Crippen LogP contribution is 2.41. The summed E-state index contributed by atoms with van der Waals surface area (Å²) in [5.41, 5.74) is 9.03. The maximum absolute atomic E-state index is 13.4. The van der Waals surface area contributed by atoms with E-state index in [1.165, 1.54) is 18.9 Å². The molecule has 0 heterocycles. The molecule has 2 rings (SSSR count). The van der Waals surface area contributed by atoms with Gasteiger partial charge in [0.1, 0.15) is 5.82 Å². The predicted molar refractivity (Wildman–Crippen MR) is 83.2 cm³/mol. The number of halogens is 1. The van der Waals surface area contributed by atoms with Gasteiger partial charge in [0.2, 0.25) is 0 Å². The SMILES string of the molecule is Cc1ccc(F)cc1CC1(N)CCC(C(C)(C)C)CC1. The van der Waals surface area contributed by atoms with Crippen LogP contribution in [0.2, 0.25) is 0 Å². The second kappa shape index (κ2) is 5.48. The minimum Gasteiger partial charge on any atom is -0.325 e. The van der Waals surface area contributed by atoms with Crippen molar-refractivity contribution in [2.24, 2.45) is 17.1 Å². The highest BCUT2D eigenvalue weighted by molar-refractivity contribution is 5.28. The van der Waals surface area contributed by atoms with Gasteiger partial charge in [-0.2, -0.15) is 0 Å². The fourth-order valence-electron chi connectivity index (χ4n) is 3.45. The number of hydrogen-bond acceptors (Lipinski definition) is 1. The summed E-state index contributed by atoms with van der Waals surface area (Å²) in [5, 5.41) is 0. The largest absolute Gasteiger partial charge is 0.325 e. The van der Waals surface area contributed by atoms with Crippen molar-refractivity contribution in [2.75, 3.05) is 0 Å². The maximum atomic E-state index is 13.4. The van der Waals surface area contributed by atoms with Crippen LogP contribution in [0.3, 0.4) is 0 Å². The molecule has 0 saturated heterocycles. The molecule has 1 aliphatic carbocycles. The van der Waals surface area contributed by atoms with E-state index in [0.717, 1.165) is 36.3 Å². The first-order valence-electron chi connectivity index (χ1n) is 7.74. The lowest BCUT2D eigenvalue weighted by Gasteiger charge is -2.42. The Hall–Kier alpha value is -0.890. The van der Waals surface area contributed by atoms with Crippen molar-refractivity contribution in [1.29, 1.82) is 0 Å². The molecule has 0 aromatic heterocycles. The second-order valence-corrected chi connectivity index (χ2v) is 7.75. The summed E-state index contributed by atoms with van der Waals surface area (Å²) in [5.74, 6) is 0.602. The van der Waals surface area contributed by atoms with Gasteiger partial charge in [-0.1, -0.05) is 26.8 Å². The van der Waals surface area contributed by atoms with Crippen LogP contribution in [-0.4, -0.2) is 5.54 Å². The molecule has 1 saturated carbocycles. The van der Waals surface area contributed by atoms with Gasteiger partial charge in [0.25, 0.3) is 0 Å². The Morgan fingerprint density at radius 1 is 1.25 bits per heavy atom. The molecule has 0 bridgehead atoms. The standard InChI is InChI=1S/C18H28FN/c1-13-5-6-16(19)11-14(13)12-18(20)9-7-15(8-10-18)17(2,3)4/h5-6,11,15H,7-10,12,20H2,1-4H3. The summed E-state index contributed by atoms with van der Waals surface area (Å²) >= 11 is 0. The molecule has 2 N–H and O–H groups in total. The molecule has 0 aliphatic heterocycles. The smallest absolute Gasteiger partial charge is 0.123 e. The Labute approximate surface area is 122 Å². The highest BCUT2D eigenvalue weighted by Gasteiger charge is 2.36. The van der Waals surface area contributed by atoms with Crippen molar-refractivity contribution in [3.05, 3.63) is 35.1 Å². The average molecular weight is 277 g/mol. The Morgan fingerprint density at radius 3 is 2.40 bits per heavy atom. The van der Waals surface area contributed by atoms with Crippen molar-refractivity contribution < 1.29 is 4.39 Å². The Morgan fingerprint density at radius 2 is 1.85 bits per heavy atom. The van der Waals surface area contributed by atoms with Gasteiger partial charge in [-0.3, -0.25) is 0 Å². The number of hydrogen-bond donors (Lipinski definition) is 1. The summed E-state index contributed by atoms with van der Waals surface area (Å²) in [6.45, 7) is 8.99. The van der Waals surface area contributed by atoms with Gasteiger partial charge in [0.15, 0.2) is 0 Å². The number of rotatable bonds is 2. The van der Waals surface area contributed by atoms with Crippen molar-refractivity contribution in [1.82, 2.24) is 0 Å². The molecule has 1 aromatic carbocycles. The van der Waals surface area contributed by atoms with Gasteiger partial charge < -0.3 is 5.73 Å². The fraction of sp³-hybridized carbons (Fsp3) is 0.667. The lowest BCUT2D eigenvalue weighted by Crippen LogP contribution is -2.46. The number of aryl methyl sites for hydroxylation is 1. The topological polar surface area (TPSA) is 26.0 Å². The van der Waals surface area contributed by atoms with E-state index in [0.29, 0.717) is 5.41 Å². The molecule has 1 aromatic rings. The van der Waals surface area contributed by atoms with Gasteiger partial charge >= 0.3 is 0 Å². The summed E-state index contributed by atoms with van der Waals surface area (Å²) in [6.07, 6.45) is 5.27. The summed E-state index contributed by atoms with van der Waals surface area (Å²) in [4.78, 5) is 0. The van der Waals surface area contributed by atoms with Crippen LogP contribution in [0, 0.1) is 24.1 Å². The monoisotopic (exact) mass is 277 g/mol. The van der Waals surface area contributed by atoms with Crippen LogP contribution in [0.5, 0.6) is 0 Å². The maximum Gasteiger partial charge on any atom is 0.123 e. The van der Waals surface area contributed by atoms with E-state index in [1.54, 1.807) is 6.07 Å². The zero-order chi connectivity index (χ0) is 15.0. The third kappa shape index (κ3) is 3.60. The zero-order valence-electron chi connectivity index (χ0n) is 13.3. The van der Waals surface area contributed by atoms with E-state index < -0.39 is 0 Å². The zero-order valence-corrected chi connectivity index (χ0v) is 13.3. The van der Waals surface area contributed by atoms with E-state index >= 15 is 0 Å². The molecule has 0 amide bonds. The first-order valence-corrected chi connectivity index (χ1v) is 7.74. The van der Waals surface area contributed by atoms with Crippen LogP contribution < -0.4 is 5.73 Å². The van der Waals surface area contributed by atoms with Crippen molar-refractivity contribution in [2.45, 2.75) is 65.3 Å². The van der Waals surface area contributed by atoms with Crippen LogP contribution >= 0.6 is 0 Å². The molecular weight excluding hydrogens is 249 g/mol. The molecular formula is C18H28FN. The van der Waals surface area contributed by atoms with Crippen molar-refractivity contribution in [3.63, 3.8) is 0 Å². The van der Waals surface area contributed by atoms with Crippen LogP contribution in [0.25, 0.3) is 0 Å². The summed E-state index contributed by atoms with van der Waals surface area (Å²) < 4.78 is 13.4. The van der Waals surface area contributed by atoms with E-state index in [1.807, 2.05) is 13.0 Å². The Balaban J connectivity index is 2.05. The molecule has 1 fully saturated rings. The van der Waals surface area contributed by atoms with Gasteiger partial charge in [-0.05, 0) is 73.6 Å². The van der Waals surface area contributed by atoms with Crippen molar-refractivity contribution in [3.8, 4) is 0 Å². The molecule has 2 heteroatoms. The molecule has 0 atom stereocenters. The number of nitrogens with two attached hydrogens (primary N) is 1. The second-order valence-electron chi connectivity index (χ2n) is 7.75. The van der Waals surface area contributed by atoms with E-state index in [-0.39, 0.29) is 11.4 Å². The van der Waals surface area contributed by atoms with Crippen molar-refractivity contribution >= 4 is 0 Å². The number of benzene rings is 1. The molecule has 1 nitrogen and oxygen atoms in total. The molecule has 20 heavy (non-hydrogen) atoms. The van der Waals surface area contributed by atoms with Crippen LogP contribution in [0.4, 0.5) is 4.39 Å². The fourth-order valence-corrected chi connectivity index (χ4v) is 3.45. The van der Waals surface area contributed by atoms with E-state index in [9.17, 15) is 4.39 Å². The lowest BCUT2D eigenvalue weighted by atomic mass is 9.66. The van der Waals surface area contributed by atoms with Gasteiger partial charge in [-0.25, -0.2) is 4.39 Å². The van der Waals surface area contributed by atoms with Gasteiger partial charge in [-0.15, -0.1) is 0 Å². The summed E-state index contributed by atoms with van der Waals surface area (Å²) in [6, 6.07) is 5.03. The molecule has 0 spiro atoms. The minimum absolute atomic E-state index is 0.152. The Bertz CT molecular complexity index is 465. The molecule has 112 valence electrons. The molecule has 0 radical (unpaired) electrons. The van der Waals surface area contributed by atoms with E-state index in [4.69, 9.17) is 5.73 Å². The van der Waals surface area contributed by atoms with Gasteiger partial charge in [0, 0.05) is 5.54 Å². The Kier molecular flexibility index (Phi) is 4.24. The molecule has 1 aliphatic rings. The quantitative estimate of drug-likeness (QED) is 0.839. The van der Waals surface area contributed by atoms with Crippen LogP contribution in [0.15, 0.2) is 18.2 Å². The minimum atomic E-state index is -0.155. The predicted octanol–water partition coefficient (Wildman–Crippen LogP) is 4.61. The average Bonchev–Trinajstić information content (AvgIpc) is 2.33. The molecule has 0 unspecified atom stereocenters. The van der Waals surface area contributed by atoms with E-state index in [2.05, 4.69) is 20.8 Å². The first-order chi connectivity index (χ1) is 9.20. The van der Waals surface area contributed by atoms with Gasteiger partial charge in [0.05, 0.1) is 0 Å². The third-order valence-corrected chi connectivity index (χ3v) is 5.06. The third-order valence-electron chi connectivity index (χ3n) is 5.06. The summed E-state index contributed by atoms with van der Waals surface area (Å²) in [7, 11) is 0.